The Morgan fingerprint density at radius 1 is 1.12 bits per heavy atom. The molecule has 1 aliphatic carbocycles. The Labute approximate surface area is 146 Å². The van der Waals surface area contributed by atoms with Gasteiger partial charge in [-0.15, -0.1) is 0 Å². The van der Waals surface area contributed by atoms with Crippen LogP contribution in [0.1, 0.15) is 35.2 Å². The molecule has 1 aromatic heterocycles. The van der Waals surface area contributed by atoms with Crippen molar-refractivity contribution in [2.75, 3.05) is 5.32 Å². The average molecular weight is 336 g/mol. The summed E-state index contributed by atoms with van der Waals surface area (Å²) in [4.78, 5) is 0. The number of furan rings is 1. The summed E-state index contributed by atoms with van der Waals surface area (Å²) in [6.07, 6.45) is 4.68. The molecule has 3 atom stereocenters. The molecule has 0 fully saturated rings. The lowest BCUT2D eigenvalue weighted by molar-refractivity contribution is 0.318. The second-order valence-electron chi connectivity index (χ2n) is 7.04. The van der Waals surface area contributed by atoms with E-state index in [4.69, 9.17) is 16.0 Å². The van der Waals surface area contributed by atoms with Crippen LogP contribution in [0.2, 0.25) is 5.02 Å². The van der Waals surface area contributed by atoms with Crippen LogP contribution in [0.15, 0.2) is 65.5 Å². The minimum Gasteiger partial charge on any atom is -0.472 e. The Balaban J connectivity index is 1.78. The van der Waals surface area contributed by atoms with Gasteiger partial charge in [-0.05, 0) is 47.4 Å². The largest absolute Gasteiger partial charge is 0.472 e. The highest BCUT2D eigenvalue weighted by Gasteiger charge is 2.51. The van der Waals surface area contributed by atoms with Crippen LogP contribution in [0.25, 0.3) is 0 Å². The quantitative estimate of drug-likeness (QED) is 0.628. The summed E-state index contributed by atoms with van der Waals surface area (Å²) >= 11 is 6.35. The molecule has 0 bridgehead atoms. The van der Waals surface area contributed by atoms with Crippen molar-refractivity contribution in [3.63, 3.8) is 0 Å². The molecular formula is C21H18ClNO. The fourth-order valence-corrected chi connectivity index (χ4v) is 4.92. The van der Waals surface area contributed by atoms with Crippen LogP contribution in [0, 0.1) is 5.92 Å². The molecule has 0 spiro atoms. The van der Waals surface area contributed by atoms with E-state index in [1.54, 1.807) is 6.26 Å². The Kier molecular flexibility index (Phi) is 2.90. The fourth-order valence-electron chi connectivity index (χ4n) is 4.75. The highest BCUT2D eigenvalue weighted by atomic mass is 35.5. The molecule has 0 saturated heterocycles. The standard InChI is InChI=1S/C21H18ClNO/c1-21-16-5-3-2-4-13(16)10-18(21)20(14-8-9-24-12-14)23-19-7-6-15(22)11-17(19)21/h2-9,11-12,18,20,23H,10H2,1H3/t18-,20+,21+/m0/s1. The number of halogens is 1. The van der Waals surface area contributed by atoms with E-state index < -0.39 is 0 Å². The first-order valence-corrected chi connectivity index (χ1v) is 8.73. The van der Waals surface area contributed by atoms with Crippen molar-refractivity contribution in [2.45, 2.75) is 24.8 Å². The highest BCUT2D eigenvalue weighted by molar-refractivity contribution is 6.30. The van der Waals surface area contributed by atoms with Crippen molar-refractivity contribution in [1.29, 1.82) is 0 Å². The molecule has 3 aromatic rings. The third-order valence-electron chi connectivity index (χ3n) is 5.92. The SMILES string of the molecule is C[C@]12c3ccccc3C[C@H]1[C@@H](c1ccoc1)Nc1ccc(Cl)cc12. The monoisotopic (exact) mass is 335 g/mol. The molecular weight excluding hydrogens is 318 g/mol. The van der Waals surface area contributed by atoms with E-state index in [-0.39, 0.29) is 11.5 Å². The molecule has 0 saturated carbocycles. The Hall–Kier alpha value is -2.19. The topological polar surface area (TPSA) is 25.2 Å². The minimum absolute atomic E-state index is 0.0516. The zero-order chi connectivity index (χ0) is 16.3. The number of hydrogen-bond donors (Lipinski definition) is 1. The van der Waals surface area contributed by atoms with Gasteiger partial charge in [-0.3, -0.25) is 0 Å². The second-order valence-corrected chi connectivity index (χ2v) is 7.48. The molecule has 2 heterocycles. The summed E-state index contributed by atoms with van der Waals surface area (Å²) < 4.78 is 5.37. The van der Waals surface area contributed by atoms with Gasteiger partial charge in [0.2, 0.25) is 0 Å². The number of anilines is 1. The summed E-state index contributed by atoms with van der Waals surface area (Å²) in [5.41, 5.74) is 6.48. The average Bonchev–Trinajstić information content (AvgIpc) is 3.22. The predicted octanol–water partition coefficient (Wildman–Crippen LogP) is 5.58. The lowest BCUT2D eigenvalue weighted by atomic mass is 9.65. The molecule has 0 radical (unpaired) electrons. The minimum atomic E-state index is -0.0516. The zero-order valence-corrected chi connectivity index (χ0v) is 14.2. The number of hydrogen-bond acceptors (Lipinski definition) is 2. The molecule has 0 unspecified atom stereocenters. The van der Waals surface area contributed by atoms with Gasteiger partial charge >= 0.3 is 0 Å². The number of nitrogens with one attached hydrogen (secondary N) is 1. The van der Waals surface area contributed by atoms with Crippen molar-refractivity contribution in [1.82, 2.24) is 0 Å². The Bertz CT molecular complexity index is 917. The van der Waals surface area contributed by atoms with Crippen LogP contribution in [-0.4, -0.2) is 0 Å². The maximum Gasteiger partial charge on any atom is 0.0955 e. The van der Waals surface area contributed by atoms with E-state index in [0.29, 0.717) is 5.92 Å². The Morgan fingerprint density at radius 3 is 2.83 bits per heavy atom. The molecule has 120 valence electrons. The first-order chi connectivity index (χ1) is 11.7. The van der Waals surface area contributed by atoms with Crippen LogP contribution < -0.4 is 5.32 Å². The van der Waals surface area contributed by atoms with E-state index in [2.05, 4.69) is 54.7 Å². The summed E-state index contributed by atoms with van der Waals surface area (Å²) in [5.74, 6) is 0.429. The molecule has 3 heteroatoms. The van der Waals surface area contributed by atoms with Crippen molar-refractivity contribution >= 4 is 17.3 Å². The molecule has 2 aliphatic rings. The van der Waals surface area contributed by atoms with E-state index >= 15 is 0 Å². The van der Waals surface area contributed by atoms with Crippen LogP contribution in [-0.2, 0) is 11.8 Å². The number of rotatable bonds is 1. The summed E-state index contributed by atoms with van der Waals surface area (Å²) in [6, 6.07) is 17.3. The summed E-state index contributed by atoms with van der Waals surface area (Å²) in [7, 11) is 0. The van der Waals surface area contributed by atoms with Gasteiger partial charge in [-0.1, -0.05) is 42.8 Å². The Morgan fingerprint density at radius 2 is 2.00 bits per heavy atom. The maximum atomic E-state index is 6.35. The van der Waals surface area contributed by atoms with Gasteiger partial charge in [0.25, 0.3) is 0 Å². The first-order valence-electron chi connectivity index (χ1n) is 8.35. The molecule has 2 aromatic carbocycles. The van der Waals surface area contributed by atoms with E-state index in [1.165, 1.54) is 27.9 Å². The van der Waals surface area contributed by atoms with Crippen molar-refractivity contribution in [3.05, 3.63) is 88.3 Å². The van der Waals surface area contributed by atoms with Gasteiger partial charge in [-0.25, -0.2) is 0 Å². The van der Waals surface area contributed by atoms with Crippen molar-refractivity contribution in [3.8, 4) is 0 Å². The van der Waals surface area contributed by atoms with Gasteiger partial charge in [0.15, 0.2) is 0 Å². The van der Waals surface area contributed by atoms with Crippen LogP contribution >= 0.6 is 11.6 Å². The van der Waals surface area contributed by atoms with E-state index in [9.17, 15) is 0 Å². The van der Waals surface area contributed by atoms with Gasteiger partial charge in [-0.2, -0.15) is 0 Å². The molecule has 1 N–H and O–H groups in total. The van der Waals surface area contributed by atoms with Crippen LogP contribution in [0.5, 0.6) is 0 Å². The zero-order valence-electron chi connectivity index (χ0n) is 13.4. The number of benzene rings is 2. The first kappa shape index (κ1) is 14.2. The fraction of sp³-hybridized carbons (Fsp3) is 0.238. The molecule has 2 nitrogen and oxygen atoms in total. The number of fused-ring (bicyclic) bond motifs is 5. The normalized spacial score (nSPS) is 27.1. The van der Waals surface area contributed by atoms with Gasteiger partial charge in [0, 0.05) is 27.6 Å². The predicted molar refractivity (Wildman–Crippen MR) is 96.6 cm³/mol. The third kappa shape index (κ3) is 1.78. The summed E-state index contributed by atoms with van der Waals surface area (Å²) in [5, 5.41) is 4.53. The van der Waals surface area contributed by atoms with Gasteiger partial charge in [0.1, 0.15) is 0 Å². The molecule has 1 aliphatic heterocycles. The lowest BCUT2D eigenvalue weighted by Crippen LogP contribution is -2.41. The van der Waals surface area contributed by atoms with E-state index in [0.717, 1.165) is 11.4 Å². The van der Waals surface area contributed by atoms with Crippen LogP contribution in [0.3, 0.4) is 0 Å². The summed E-state index contributed by atoms with van der Waals surface area (Å²) in [6.45, 7) is 2.37. The van der Waals surface area contributed by atoms with Gasteiger partial charge < -0.3 is 9.73 Å². The third-order valence-corrected chi connectivity index (χ3v) is 6.15. The lowest BCUT2D eigenvalue weighted by Gasteiger charge is -2.44. The van der Waals surface area contributed by atoms with E-state index in [1.807, 2.05) is 12.3 Å². The van der Waals surface area contributed by atoms with Crippen LogP contribution in [0.4, 0.5) is 5.69 Å². The molecule has 5 rings (SSSR count). The van der Waals surface area contributed by atoms with Crippen molar-refractivity contribution in [2.24, 2.45) is 5.92 Å². The molecule has 24 heavy (non-hydrogen) atoms. The smallest absolute Gasteiger partial charge is 0.0955 e. The maximum absolute atomic E-state index is 6.35. The highest BCUT2D eigenvalue weighted by Crippen LogP contribution is 2.57. The second kappa shape index (κ2) is 4.90. The molecule has 0 amide bonds. The van der Waals surface area contributed by atoms with Gasteiger partial charge in [0.05, 0.1) is 18.6 Å². The van der Waals surface area contributed by atoms with Crippen molar-refractivity contribution < 1.29 is 4.42 Å².